The summed E-state index contributed by atoms with van der Waals surface area (Å²) < 4.78 is 5.76. The third-order valence-electron chi connectivity index (χ3n) is 7.90. The average Bonchev–Trinajstić information content (AvgIpc) is 2.92. The number of pyridine rings is 1. The van der Waals surface area contributed by atoms with Gasteiger partial charge in [-0.25, -0.2) is 5.43 Å². The summed E-state index contributed by atoms with van der Waals surface area (Å²) >= 11 is 0. The van der Waals surface area contributed by atoms with Gasteiger partial charge < -0.3 is 10.1 Å². The number of cyclic esters (lactones) is 1. The van der Waals surface area contributed by atoms with Crippen LogP contribution in [0.4, 0.5) is 0 Å². The predicted molar refractivity (Wildman–Crippen MR) is 152 cm³/mol. The van der Waals surface area contributed by atoms with Crippen LogP contribution in [0.1, 0.15) is 78.2 Å². The fraction of sp³-hybridized carbons (Fsp3) is 0.516. The zero-order valence-electron chi connectivity index (χ0n) is 24.2. The maximum Gasteiger partial charge on any atom is 0.325 e. The number of carbonyl (C=O) groups is 4. The topological polar surface area (TPSA) is 118 Å². The largest absolute Gasteiger partial charge is 0.455 e. The molecule has 0 aliphatic carbocycles. The van der Waals surface area contributed by atoms with Crippen LogP contribution in [0.15, 0.2) is 36.5 Å². The maximum absolute atomic E-state index is 13.4. The Bertz CT molecular complexity index is 1330. The molecule has 2 amide bonds. The molecule has 9 heteroatoms. The van der Waals surface area contributed by atoms with Crippen LogP contribution < -0.4 is 10.7 Å². The molecule has 9 nitrogen and oxygen atoms in total. The number of fused-ring (bicyclic) bond motifs is 4. The normalized spacial score (nSPS) is 27.4. The molecule has 0 unspecified atom stereocenters. The summed E-state index contributed by atoms with van der Waals surface area (Å²) in [5.41, 5.74) is 3.71. The van der Waals surface area contributed by atoms with Crippen LogP contribution in [0.5, 0.6) is 0 Å². The van der Waals surface area contributed by atoms with Gasteiger partial charge in [0, 0.05) is 35.9 Å². The van der Waals surface area contributed by atoms with Gasteiger partial charge in [0.25, 0.3) is 5.91 Å². The maximum atomic E-state index is 13.4. The number of ether oxygens (including phenoxy) is 1. The molecule has 1 saturated heterocycles. The Hall–Kier alpha value is -3.59. The minimum atomic E-state index is -0.839. The lowest BCUT2D eigenvalue weighted by Gasteiger charge is -2.35. The minimum Gasteiger partial charge on any atom is -0.455 e. The van der Waals surface area contributed by atoms with E-state index in [1.165, 1.54) is 5.01 Å². The van der Waals surface area contributed by atoms with Crippen LogP contribution in [0, 0.1) is 17.3 Å². The monoisotopic (exact) mass is 548 g/mol. The van der Waals surface area contributed by atoms with E-state index in [0.29, 0.717) is 25.1 Å². The molecule has 2 aliphatic rings. The first-order valence-corrected chi connectivity index (χ1v) is 14.1. The first-order valence-electron chi connectivity index (χ1n) is 14.1. The molecule has 1 fully saturated rings. The van der Waals surface area contributed by atoms with E-state index >= 15 is 0 Å². The van der Waals surface area contributed by atoms with Crippen LogP contribution in [0.3, 0.4) is 0 Å². The van der Waals surface area contributed by atoms with Crippen LogP contribution in [0.25, 0.3) is 16.8 Å². The molecule has 40 heavy (non-hydrogen) atoms. The molecular formula is C31H40N4O5. The summed E-state index contributed by atoms with van der Waals surface area (Å²) in [6, 6.07) is 6.30. The number of benzene rings is 1. The number of ketones is 1. The van der Waals surface area contributed by atoms with E-state index < -0.39 is 35.5 Å². The Morgan fingerprint density at radius 2 is 1.82 bits per heavy atom. The van der Waals surface area contributed by atoms with E-state index in [1.54, 1.807) is 20.0 Å². The highest BCUT2D eigenvalue weighted by molar-refractivity contribution is 5.94. The summed E-state index contributed by atoms with van der Waals surface area (Å²) in [5.74, 6) is -1.91. The Balaban J connectivity index is 1.70. The third-order valence-corrected chi connectivity index (χ3v) is 7.90. The lowest BCUT2D eigenvalue weighted by Crippen LogP contribution is -2.59. The van der Waals surface area contributed by atoms with Crippen LogP contribution in [0.2, 0.25) is 0 Å². The van der Waals surface area contributed by atoms with Crippen molar-refractivity contribution in [3.63, 3.8) is 0 Å². The average molecular weight is 549 g/mol. The molecule has 4 atom stereocenters. The number of nitrogens with zero attached hydrogens (tertiary/aromatic N) is 2. The fourth-order valence-corrected chi connectivity index (χ4v) is 5.04. The van der Waals surface area contributed by atoms with Gasteiger partial charge in [-0.1, -0.05) is 38.1 Å². The highest BCUT2D eigenvalue weighted by Gasteiger charge is 2.35. The van der Waals surface area contributed by atoms with Gasteiger partial charge in [0.2, 0.25) is 5.91 Å². The highest BCUT2D eigenvalue weighted by Crippen LogP contribution is 2.28. The Labute approximate surface area is 235 Å². The third kappa shape index (κ3) is 6.58. The van der Waals surface area contributed by atoms with Crippen molar-refractivity contribution in [1.29, 1.82) is 0 Å². The Morgan fingerprint density at radius 3 is 2.55 bits per heavy atom. The first-order chi connectivity index (χ1) is 18.9. The van der Waals surface area contributed by atoms with Crippen molar-refractivity contribution in [1.82, 2.24) is 20.7 Å². The van der Waals surface area contributed by atoms with Crippen LogP contribution in [-0.2, 0) is 23.9 Å². The molecule has 2 N–H and O–H groups in total. The number of hydrogen-bond donors (Lipinski definition) is 2. The number of nitrogens with one attached hydrogen (secondary N) is 2. The van der Waals surface area contributed by atoms with Crippen molar-refractivity contribution < 1.29 is 23.9 Å². The van der Waals surface area contributed by atoms with Crippen LogP contribution >= 0.6 is 0 Å². The number of hydrazine groups is 1. The summed E-state index contributed by atoms with van der Waals surface area (Å²) in [6.07, 6.45) is 6.12. The van der Waals surface area contributed by atoms with E-state index in [0.717, 1.165) is 16.3 Å². The number of allylic oxidation sites excluding steroid dienone is 1. The van der Waals surface area contributed by atoms with Gasteiger partial charge in [0.1, 0.15) is 24.0 Å². The second kappa shape index (κ2) is 11.9. The molecular weight excluding hydrogens is 508 g/mol. The number of hydrogen-bond acceptors (Lipinski definition) is 7. The zero-order chi connectivity index (χ0) is 29.2. The van der Waals surface area contributed by atoms with Crippen LogP contribution in [-0.4, -0.2) is 52.2 Å². The molecule has 0 radical (unpaired) electrons. The fourth-order valence-electron chi connectivity index (χ4n) is 5.04. The Kier molecular flexibility index (Phi) is 8.73. The zero-order valence-corrected chi connectivity index (χ0v) is 24.2. The minimum absolute atomic E-state index is 0.0558. The van der Waals surface area contributed by atoms with Crippen molar-refractivity contribution in [3.8, 4) is 0 Å². The lowest BCUT2D eigenvalue weighted by atomic mass is 9.79. The molecule has 2 aromatic rings. The van der Waals surface area contributed by atoms with Gasteiger partial charge in [-0.15, -0.1) is 0 Å². The van der Waals surface area contributed by atoms with E-state index in [2.05, 4.69) is 15.7 Å². The number of Topliss-reactive ketones (excluding diaryl/α,β-unsaturated/α-hetero) is 1. The number of aromatic nitrogens is 1. The first kappa shape index (κ1) is 29.4. The van der Waals surface area contributed by atoms with E-state index in [4.69, 9.17) is 4.74 Å². The number of amides is 2. The van der Waals surface area contributed by atoms with Crippen molar-refractivity contribution in [2.75, 3.05) is 6.54 Å². The van der Waals surface area contributed by atoms with E-state index in [1.807, 2.05) is 64.1 Å². The molecule has 3 heterocycles. The number of rotatable bonds is 1. The summed E-state index contributed by atoms with van der Waals surface area (Å²) in [7, 11) is 0. The smallest absolute Gasteiger partial charge is 0.325 e. The summed E-state index contributed by atoms with van der Waals surface area (Å²) in [4.78, 5) is 57.4. The SMILES string of the molecule is CC(C)[C@@H]1CC(=O)C(C)(C)/C=C/c2ccc3cnc(cc3c2)[C@@H](C)OC(=O)[C@@H]2CCCN(N2)C(=O)[C@H](C)NC1=O. The van der Waals surface area contributed by atoms with E-state index in [9.17, 15) is 19.2 Å². The van der Waals surface area contributed by atoms with Crippen molar-refractivity contribution in [3.05, 3.63) is 47.8 Å². The van der Waals surface area contributed by atoms with Crippen molar-refractivity contribution in [2.24, 2.45) is 17.3 Å². The molecule has 1 aromatic carbocycles. The number of esters is 1. The molecule has 4 rings (SSSR count). The molecule has 1 aromatic heterocycles. The quantitative estimate of drug-likeness (QED) is 0.515. The summed E-state index contributed by atoms with van der Waals surface area (Å²) in [5, 5.41) is 6.06. The molecule has 0 saturated carbocycles. The standard InChI is InChI=1S/C31H40N4O5/c1-18(2)24-16-27(36)31(5,6)12-11-21-9-10-22-17-32-26(15-23(22)14-21)20(4)40-30(39)25-8-7-13-35(34-25)29(38)19(3)33-28(24)37/h9-12,14-15,17-20,24-25,34H,7-8,13,16H2,1-6H3,(H,33,37)/b12-11+/t19-,20+,24-,25-/m0/s1. The second-order valence-electron chi connectivity index (χ2n) is 11.9. The highest BCUT2D eigenvalue weighted by atomic mass is 16.5. The van der Waals surface area contributed by atoms with Gasteiger partial charge in [-0.05, 0) is 69.5 Å². The number of carbonyl (C=O) groups excluding carboxylic acids is 4. The Morgan fingerprint density at radius 1 is 1.07 bits per heavy atom. The predicted octanol–water partition coefficient (Wildman–Crippen LogP) is 4.12. The lowest BCUT2D eigenvalue weighted by molar-refractivity contribution is -0.157. The van der Waals surface area contributed by atoms with Crippen molar-refractivity contribution in [2.45, 2.75) is 79.0 Å². The van der Waals surface area contributed by atoms with Gasteiger partial charge in [-0.3, -0.25) is 29.2 Å². The van der Waals surface area contributed by atoms with Gasteiger partial charge >= 0.3 is 5.97 Å². The van der Waals surface area contributed by atoms with Gasteiger partial charge in [0.05, 0.1) is 5.69 Å². The second-order valence-corrected chi connectivity index (χ2v) is 11.9. The molecule has 0 spiro atoms. The molecule has 5 bridgehead atoms. The van der Waals surface area contributed by atoms with Gasteiger partial charge in [0.15, 0.2) is 0 Å². The summed E-state index contributed by atoms with van der Waals surface area (Å²) in [6.45, 7) is 11.3. The van der Waals surface area contributed by atoms with Gasteiger partial charge in [-0.2, -0.15) is 0 Å². The van der Waals surface area contributed by atoms with E-state index in [-0.39, 0.29) is 29.9 Å². The molecule has 2 aliphatic heterocycles. The molecule has 214 valence electrons. The van der Waals surface area contributed by atoms with Crippen molar-refractivity contribution >= 4 is 40.4 Å².